The predicted octanol–water partition coefficient (Wildman–Crippen LogP) is 4.56. The highest BCUT2D eigenvalue weighted by Gasteiger charge is 2.35. The number of nitrogens with zero attached hydrogens (tertiary/aromatic N) is 2. The number of pyridine rings is 1. The van der Waals surface area contributed by atoms with Crippen molar-refractivity contribution >= 4 is 34.7 Å². The molecule has 0 spiro atoms. The molecule has 1 amide bonds. The molecule has 3 rings (SSSR count). The molecule has 0 saturated carbocycles. The van der Waals surface area contributed by atoms with Gasteiger partial charge in [0.1, 0.15) is 6.10 Å². The Hall–Kier alpha value is -2.64. The molecule has 3 N–H and O–H groups in total. The zero-order valence-electron chi connectivity index (χ0n) is 19.6. The van der Waals surface area contributed by atoms with E-state index in [-0.39, 0.29) is 12.6 Å². The molecule has 8 heteroatoms. The topological polar surface area (TPSA) is 85.7 Å². The van der Waals surface area contributed by atoms with Crippen molar-refractivity contribution in [2.45, 2.75) is 50.5 Å². The predicted molar refractivity (Wildman–Crippen MR) is 141 cm³/mol. The highest BCUT2D eigenvalue weighted by Crippen LogP contribution is 2.34. The van der Waals surface area contributed by atoms with Crippen LogP contribution in [0.25, 0.3) is 5.57 Å². The fourth-order valence-corrected chi connectivity index (χ4v) is 4.81. The van der Waals surface area contributed by atoms with E-state index in [4.69, 9.17) is 23.2 Å². The van der Waals surface area contributed by atoms with Gasteiger partial charge in [-0.1, -0.05) is 67.2 Å². The highest BCUT2D eigenvalue weighted by molar-refractivity contribution is 6.34. The van der Waals surface area contributed by atoms with Gasteiger partial charge in [0.25, 0.3) is 5.91 Å². The third kappa shape index (κ3) is 6.53. The van der Waals surface area contributed by atoms with Gasteiger partial charge in [0.2, 0.25) is 0 Å². The van der Waals surface area contributed by atoms with Gasteiger partial charge in [-0.25, -0.2) is 0 Å². The minimum absolute atomic E-state index is 0.0571. The number of rotatable bonds is 10. The Morgan fingerprint density at radius 3 is 2.69 bits per heavy atom. The summed E-state index contributed by atoms with van der Waals surface area (Å²) in [4.78, 5) is 18.9. The molecule has 2 heterocycles. The number of hydrogen-bond acceptors (Lipinski definition) is 5. The Bertz CT molecular complexity index is 1080. The lowest BCUT2D eigenvalue weighted by Gasteiger charge is -2.34. The molecule has 1 saturated heterocycles. The van der Waals surface area contributed by atoms with Gasteiger partial charge in [-0.2, -0.15) is 0 Å². The molecule has 3 atom stereocenters. The van der Waals surface area contributed by atoms with E-state index in [0.29, 0.717) is 33.6 Å². The first kappa shape index (κ1) is 27.0. The summed E-state index contributed by atoms with van der Waals surface area (Å²) >= 11 is 12.3. The van der Waals surface area contributed by atoms with Gasteiger partial charge in [0.05, 0.1) is 18.3 Å². The second kappa shape index (κ2) is 12.4. The van der Waals surface area contributed by atoms with Gasteiger partial charge < -0.3 is 20.4 Å². The second-order valence-corrected chi connectivity index (χ2v) is 9.35. The van der Waals surface area contributed by atoms with Crippen LogP contribution >= 0.6 is 23.2 Å². The van der Waals surface area contributed by atoms with Crippen LogP contribution in [0.5, 0.6) is 0 Å². The summed E-state index contributed by atoms with van der Waals surface area (Å²) in [6, 6.07) is 3.60. The van der Waals surface area contributed by atoms with Gasteiger partial charge in [0, 0.05) is 39.6 Å². The van der Waals surface area contributed by atoms with Gasteiger partial charge in [-0.05, 0) is 43.4 Å². The summed E-state index contributed by atoms with van der Waals surface area (Å²) in [5.41, 5.74) is 3.54. The zero-order valence-corrected chi connectivity index (χ0v) is 21.1. The van der Waals surface area contributed by atoms with Crippen molar-refractivity contribution in [2.75, 3.05) is 6.54 Å². The Labute approximate surface area is 216 Å². The lowest BCUT2D eigenvalue weighted by Crippen LogP contribution is -2.46. The zero-order chi connectivity index (χ0) is 25.5. The molecule has 186 valence electrons. The summed E-state index contributed by atoms with van der Waals surface area (Å²) < 4.78 is 0. The molecule has 0 radical (unpaired) electrons. The molecule has 1 aromatic rings. The molecular weight excluding hydrogens is 485 g/mol. The van der Waals surface area contributed by atoms with Crippen molar-refractivity contribution < 1.29 is 15.0 Å². The third-order valence-corrected chi connectivity index (χ3v) is 6.90. The number of likely N-dealkylation sites (tertiary alicyclic amines) is 1. The largest absolute Gasteiger partial charge is 0.384 e. The van der Waals surface area contributed by atoms with Crippen molar-refractivity contribution in [1.82, 2.24) is 15.2 Å². The number of nitrogens with one attached hydrogen (secondary N) is 1. The van der Waals surface area contributed by atoms with E-state index in [1.54, 1.807) is 24.4 Å². The van der Waals surface area contributed by atoms with Crippen LogP contribution in [0.15, 0.2) is 83.7 Å². The normalized spacial score (nSPS) is 20.2. The van der Waals surface area contributed by atoms with Crippen LogP contribution < -0.4 is 5.32 Å². The maximum Gasteiger partial charge on any atom is 0.252 e. The van der Waals surface area contributed by atoms with E-state index in [0.717, 1.165) is 31.2 Å². The van der Waals surface area contributed by atoms with E-state index in [1.807, 2.05) is 17.1 Å². The van der Waals surface area contributed by atoms with Crippen LogP contribution in [0.4, 0.5) is 0 Å². The lowest BCUT2D eigenvalue weighted by atomic mass is 9.95. The summed E-state index contributed by atoms with van der Waals surface area (Å²) in [6.45, 7) is 12.2. The minimum Gasteiger partial charge on any atom is -0.384 e. The van der Waals surface area contributed by atoms with E-state index >= 15 is 0 Å². The average Bonchev–Trinajstić information content (AvgIpc) is 3.37. The molecule has 2 aliphatic rings. The SMILES string of the molecule is C=C/C(Cl)=C(\C=C)c1ccc(CNC(=O)C(O)C(O)C(=C)N2CCCC2C2=CC(Cl)=CCC2)nc1. The second-order valence-electron chi connectivity index (χ2n) is 8.51. The van der Waals surface area contributed by atoms with Gasteiger partial charge in [-0.15, -0.1) is 0 Å². The summed E-state index contributed by atoms with van der Waals surface area (Å²) in [7, 11) is 0. The molecule has 1 fully saturated rings. The van der Waals surface area contributed by atoms with E-state index < -0.39 is 18.1 Å². The van der Waals surface area contributed by atoms with E-state index in [1.165, 1.54) is 11.6 Å². The number of carbonyl (C=O) groups is 1. The molecule has 6 nitrogen and oxygen atoms in total. The van der Waals surface area contributed by atoms with Crippen LogP contribution in [0.2, 0.25) is 0 Å². The van der Waals surface area contributed by atoms with Crippen LogP contribution in [0.3, 0.4) is 0 Å². The molecular formula is C27H31Cl2N3O3. The van der Waals surface area contributed by atoms with Gasteiger partial charge in [0.15, 0.2) is 6.10 Å². The van der Waals surface area contributed by atoms with E-state index in [9.17, 15) is 15.0 Å². The number of aliphatic hydroxyl groups is 2. The van der Waals surface area contributed by atoms with Crippen molar-refractivity contribution in [1.29, 1.82) is 0 Å². The molecule has 1 aliphatic heterocycles. The van der Waals surface area contributed by atoms with Gasteiger partial charge >= 0.3 is 0 Å². The summed E-state index contributed by atoms with van der Waals surface area (Å²) in [5, 5.41) is 25.0. The summed E-state index contributed by atoms with van der Waals surface area (Å²) in [5.74, 6) is -0.704. The fourth-order valence-electron chi connectivity index (χ4n) is 4.37. The van der Waals surface area contributed by atoms with Crippen LogP contribution in [0, 0.1) is 0 Å². The maximum atomic E-state index is 12.6. The Morgan fingerprint density at radius 2 is 2.06 bits per heavy atom. The first-order valence-corrected chi connectivity index (χ1v) is 12.3. The molecule has 1 aliphatic carbocycles. The van der Waals surface area contributed by atoms with Crippen LogP contribution in [-0.4, -0.2) is 50.8 Å². The Kier molecular flexibility index (Phi) is 9.52. The van der Waals surface area contributed by atoms with Crippen molar-refractivity contribution in [3.05, 3.63) is 95.0 Å². The van der Waals surface area contributed by atoms with Crippen molar-refractivity contribution in [3.8, 4) is 0 Å². The molecule has 35 heavy (non-hydrogen) atoms. The van der Waals surface area contributed by atoms with Crippen LogP contribution in [0.1, 0.15) is 36.9 Å². The molecule has 0 bridgehead atoms. The fraction of sp³-hybridized carbons (Fsp3) is 0.333. The quantitative estimate of drug-likeness (QED) is 0.397. The summed E-state index contributed by atoms with van der Waals surface area (Å²) in [6.07, 6.45) is 9.22. The number of allylic oxidation sites excluding steroid dienone is 7. The first-order chi connectivity index (χ1) is 16.8. The molecule has 1 aromatic heterocycles. The average molecular weight is 516 g/mol. The number of halogens is 2. The smallest absolute Gasteiger partial charge is 0.252 e. The number of aliphatic hydroxyl groups excluding tert-OH is 2. The third-order valence-electron chi connectivity index (χ3n) is 6.27. The lowest BCUT2D eigenvalue weighted by molar-refractivity contribution is -0.134. The number of hydrogen-bond donors (Lipinski definition) is 3. The monoisotopic (exact) mass is 515 g/mol. The van der Waals surface area contributed by atoms with Crippen molar-refractivity contribution in [3.63, 3.8) is 0 Å². The molecule has 3 unspecified atom stereocenters. The maximum absolute atomic E-state index is 12.6. The number of carbonyl (C=O) groups excluding carboxylic acids is 1. The molecule has 0 aromatic carbocycles. The number of aromatic nitrogens is 1. The minimum atomic E-state index is -1.66. The highest BCUT2D eigenvalue weighted by atomic mass is 35.5. The van der Waals surface area contributed by atoms with Crippen molar-refractivity contribution in [2.24, 2.45) is 0 Å². The standard InChI is InChI=1S/C27H31Cl2N3O3/c1-4-22(23(29)5-2)19-11-12-21(30-15-19)16-31-27(35)26(34)25(33)17(3)32-13-7-10-24(32)18-8-6-9-20(28)14-18/h4-5,9,11-12,14-15,24-26,33-34H,1-3,6-8,10,13,16H2,(H,31,35)/b23-22-. The Balaban J connectivity index is 1.59. The Morgan fingerprint density at radius 1 is 1.29 bits per heavy atom. The van der Waals surface area contributed by atoms with Gasteiger partial charge in [-0.3, -0.25) is 9.78 Å². The first-order valence-electron chi connectivity index (χ1n) is 11.5. The van der Waals surface area contributed by atoms with E-state index in [2.05, 4.69) is 30.0 Å². The van der Waals surface area contributed by atoms with Crippen LogP contribution in [-0.2, 0) is 11.3 Å². The number of amides is 1.